The molecule has 0 aliphatic heterocycles. The summed E-state index contributed by atoms with van der Waals surface area (Å²) in [5.74, 6) is 0.103. The number of rotatable bonds is 8. The van der Waals surface area contributed by atoms with Crippen molar-refractivity contribution < 1.29 is 24.2 Å². The van der Waals surface area contributed by atoms with Crippen LogP contribution in [-0.2, 0) is 14.3 Å². The Labute approximate surface area is 140 Å². The van der Waals surface area contributed by atoms with Crippen molar-refractivity contribution in [2.45, 2.75) is 63.8 Å². The Morgan fingerprint density at radius 3 is 2.57 bits per heavy atom. The Kier molecular flexibility index (Phi) is 7.61. The molecule has 134 valence electrons. The highest BCUT2D eigenvalue weighted by molar-refractivity contribution is 6.72. The summed E-state index contributed by atoms with van der Waals surface area (Å²) in [4.78, 5) is 22.4. The number of hydrogen-bond acceptors (Lipinski definition) is 5. The van der Waals surface area contributed by atoms with Gasteiger partial charge >= 0.3 is 0 Å². The van der Waals surface area contributed by atoms with Crippen molar-refractivity contribution in [3.8, 4) is 0 Å². The van der Waals surface area contributed by atoms with Crippen molar-refractivity contribution in [3.05, 3.63) is 11.6 Å². The number of hydrogen-bond donors (Lipinski definition) is 2. The first-order chi connectivity index (χ1) is 10.6. The average Bonchev–Trinajstić information content (AvgIpc) is 2.39. The molecule has 1 aliphatic carbocycles. The Morgan fingerprint density at radius 2 is 2.00 bits per heavy atom. The summed E-state index contributed by atoms with van der Waals surface area (Å²) < 4.78 is 10.1. The molecule has 23 heavy (non-hydrogen) atoms. The van der Waals surface area contributed by atoms with Crippen molar-refractivity contribution in [3.63, 3.8) is 0 Å². The van der Waals surface area contributed by atoms with E-state index in [9.17, 15) is 14.7 Å². The number of ketones is 1. The third-order valence-corrected chi connectivity index (χ3v) is 8.52. The van der Waals surface area contributed by atoms with Crippen LogP contribution in [0.4, 0.5) is 0 Å². The van der Waals surface area contributed by atoms with E-state index in [2.05, 4.69) is 13.8 Å². The fourth-order valence-corrected chi connectivity index (χ4v) is 3.64. The molecule has 0 heterocycles. The Balaban J connectivity index is 2.81. The summed E-state index contributed by atoms with van der Waals surface area (Å²) in [6.07, 6.45) is 3.34. The molecular weight excluding hydrogens is 312 g/mol. The first-order valence-electron chi connectivity index (χ1n) is 8.27. The molecule has 2 atom stereocenters. The van der Waals surface area contributed by atoms with Gasteiger partial charge in [-0.3, -0.25) is 4.79 Å². The highest BCUT2D eigenvalue weighted by Crippen LogP contribution is 2.46. The highest BCUT2D eigenvalue weighted by atomic mass is 28.4. The van der Waals surface area contributed by atoms with E-state index in [0.717, 1.165) is 12.0 Å². The van der Waals surface area contributed by atoms with E-state index >= 15 is 0 Å². The zero-order valence-electron chi connectivity index (χ0n) is 15.1. The number of carbonyl (C=O) groups is 1. The lowest BCUT2D eigenvalue weighted by atomic mass is 9.76. The predicted octanol–water partition coefficient (Wildman–Crippen LogP) is 2.63. The summed E-state index contributed by atoms with van der Waals surface area (Å²) in [5, 5.41) is 10.1. The first-order valence-corrected chi connectivity index (χ1v) is 11.2. The molecule has 1 aliphatic rings. The van der Waals surface area contributed by atoms with Crippen molar-refractivity contribution in [1.82, 2.24) is 0 Å². The number of methoxy groups -OCH3 is 1. The molecule has 0 aromatic carbocycles. The van der Waals surface area contributed by atoms with Crippen LogP contribution in [0.2, 0.25) is 18.1 Å². The lowest BCUT2D eigenvalue weighted by Crippen LogP contribution is -2.42. The van der Waals surface area contributed by atoms with Gasteiger partial charge < -0.3 is 19.4 Å². The van der Waals surface area contributed by atoms with E-state index in [-0.39, 0.29) is 30.0 Å². The minimum atomic E-state index is -2.35. The normalized spacial score (nSPS) is 25.2. The summed E-state index contributed by atoms with van der Waals surface area (Å²) in [7, 11) is -0.776. The van der Waals surface area contributed by atoms with Crippen LogP contribution in [0.1, 0.15) is 39.5 Å². The van der Waals surface area contributed by atoms with Crippen molar-refractivity contribution >= 4 is 14.1 Å². The van der Waals surface area contributed by atoms with Gasteiger partial charge in [0.1, 0.15) is 12.6 Å². The van der Waals surface area contributed by atoms with E-state index in [1.807, 2.05) is 19.2 Å². The van der Waals surface area contributed by atoms with Gasteiger partial charge in [-0.2, -0.15) is 0 Å². The Bertz CT molecular complexity index is 425. The van der Waals surface area contributed by atoms with E-state index in [0.29, 0.717) is 19.4 Å². The molecular formula is C17H32O5Si. The lowest BCUT2D eigenvalue weighted by molar-refractivity contribution is -0.123. The van der Waals surface area contributed by atoms with E-state index in [1.165, 1.54) is 0 Å². The smallest absolute Gasteiger partial charge is 0.188 e. The number of ether oxygens (including phenoxy) is 2. The minimum absolute atomic E-state index is 0.00241. The molecule has 0 saturated heterocycles. The zero-order valence-corrected chi connectivity index (χ0v) is 16.1. The Morgan fingerprint density at radius 1 is 1.35 bits per heavy atom. The molecule has 0 aromatic rings. The van der Waals surface area contributed by atoms with Gasteiger partial charge in [0.25, 0.3) is 0 Å². The number of carbonyl (C=O) groups excluding carboxylic acids is 1. The molecule has 6 heteroatoms. The van der Waals surface area contributed by atoms with Crippen LogP contribution in [-0.4, -0.2) is 50.6 Å². The van der Waals surface area contributed by atoms with Gasteiger partial charge in [-0.1, -0.05) is 19.9 Å². The van der Waals surface area contributed by atoms with E-state index in [1.54, 1.807) is 7.11 Å². The maximum absolute atomic E-state index is 11.9. The second-order valence-corrected chi connectivity index (χ2v) is 12.1. The van der Waals surface area contributed by atoms with Crippen molar-refractivity contribution in [2.75, 3.05) is 20.5 Å². The van der Waals surface area contributed by atoms with Gasteiger partial charge in [0.15, 0.2) is 8.32 Å². The summed E-state index contributed by atoms with van der Waals surface area (Å²) in [6.45, 7) is 8.75. The molecule has 0 unspecified atom stereocenters. The third-order valence-electron chi connectivity index (χ3n) is 5.01. The molecule has 1 rings (SSSR count). The summed E-state index contributed by atoms with van der Waals surface area (Å²) >= 11 is 0. The van der Waals surface area contributed by atoms with Crippen molar-refractivity contribution in [1.29, 1.82) is 0 Å². The molecule has 0 aromatic heterocycles. The zero-order chi connectivity index (χ0) is 17.7. The standard InChI is InChI=1S/C17H32O5Si/c1-17(2,23(4,5)20)11-13-9-14(18)10-16(19)15(13)7-6-8-22-12-21-3/h7,13,16,19-20H,6,8-12H2,1-5H3/t13-,16+/m0/s1. The van der Waals surface area contributed by atoms with Gasteiger partial charge in [-0.05, 0) is 42.5 Å². The maximum Gasteiger partial charge on any atom is 0.188 e. The molecule has 1 saturated carbocycles. The van der Waals surface area contributed by atoms with Crippen LogP contribution in [0.3, 0.4) is 0 Å². The summed E-state index contributed by atoms with van der Waals surface area (Å²) in [6, 6.07) is 0. The molecule has 0 bridgehead atoms. The second kappa shape index (κ2) is 8.53. The fourth-order valence-electron chi connectivity index (χ4n) is 2.89. The van der Waals surface area contributed by atoms with E-state index < -0.39 is 14.4 Å². The number of aliphatic hydroxyl groups is 1. The number of aliphatic hydroxyl groups excluding tert-OH is 1. The minimum Gasteiger partial charge on any atom is -0.432 e. The predicted molar refractivity (Wildman–Crippen MR) is 92.6 cm³/mol. The Hall–Kier alpha value is -0.533. The monoisotopic (exact) mass is 344 g/mol. The van der Waals surface area contributed by atoms with Gasteiger partial charge in [0.05, 0.1) is 12.7 Å². The molecule has 5 nitrogen and oxygen atoms in total. The third kappa shape index (κ3) is 6.12. The maximum atomic E-state index is 11.9. The number of Topliss-reactive ketones (excluding diaryl/α,β-unsaturated/α-hetero) is 1. The topological polar surface area (TPSA) is 76.0 Å². The SMILES string of the molecule is COCOCCC=C1[C@H](CC(C)(C)[Si](C)(C)O)CC(=O)C[C@H]1O. The van der Waals surface area contributed by atoms with Crippen LogP contribution < -0.4 is 0 Å². The molecule has 0 amide bonds. The molecule has 0 radical (unpaired) electrons. The van der Waals surface area contributed by atoms with Crippen LogP contribution in [0, 0.1) is 5.92 Å². The fraction of sp³-hybridized carbons (Fsp3) is 0.824. The van der Waals surface area contributed by atoms with Crippen LogP contribution in [0.5, 0.6) is 0 Å². The highest BCUT2D eigenvalue weighted by Gasteiger charge is 2.42. The van der Waals surface area contributed by atoms with Crippen LogP contribution in [0.25, 0.3) is 0 Å². The van der Waals surface area contributed by atoms with Crippen LogP contribution in [0.15, 0.2) is 11.6 Å². The largest absolute Gasteiger partial charge is 0.432 e. The van der Waals surface area contributed by atoms with Gasteiger partial charge in [-0.25, -0.2) is 0 Å². The first kappa shape index (κ1) is 20.5. The molecule has 1 fully saturated rings. The quantitative estimate of drug-likeness (QED) is 0.306. The van der Waals surface area contributed by atoms with Crippen LogP contribution >= 0.6 is 0 Å². The second-order valence-electron chi connectivity index (χ2n) is 7.61. The average molecular weight is 345 g/mol. The van der Waals surface area contributed by atoms with Gasteiger partial charge in [-0.15, -0.1) is 0 Å². The lowest BCUT2D eigenvalue weighted by Gasteiger charge is -2.40. The van der Waals surface area contributed by atoms with E-state index in [4.69, 9.17) is 9.47 Å². The molecule has 2 N–H and O–H groups in total. The summed E-state index contributed by atoms with van der Waals surface area (Å²) in [5.41, 5.74) is 0.928. The van der Waals surface area contributed by atoms with Gasteiger partial charge in [0.2, 0.25) is 0 Å². The van der Waals surface area contributed by atoms with Gasteiger partial charge in [0, 0.05) is 20.0 Å². The molecule has 0 spiro atoms. The van der Waals surface area contributed by atoms with Crippen molar-refractivity contribution in [2.24, 2.45) is 5.92 Å².